The van der Waals surface area contributed by atoms with Gasteiger partial charge in [0.05, 0.1) is 14.2 Å². The van der Waals surface area contributed by atoms with Crippen LogP contribution in [0.1, 0.15) is 0 Å². The molecule has 0 saturated heterocycles. The van der Waals surface area contributed by atoms with E-state index in [1.807, 2.05) is 6.07 Å². The molecule has 110 valence electrons. The van der Waals surface area contributed by atoms with Crippen molar-refractivity contribution in [1.82, 2.24) is 0 Å². The Labute approximate surface area is 123 Å². The van der Waals surface area contributed by atoms with Gasteiger partial charge in [0.1, 0.15) is 17.2 Å². The summed E-state index contributed by atoms with van der Waals surface area (Å²) in [5.74, 6) is 1.77. The van der Waals surface area contributed by atoms with Crippen molar-refractivity contribution in [2.75, 3.05) is 26.1 Å². The second-order valence-corrected chi connectivity index (χ2v) is 4.24. The van der Waals surface area contributed by atoms with Crippen molar-refractivity contribution in [2.45, 2.75) is 0 Å². The van der Waals surface area contributed by atoms with E-state index in [-0.39, 0.29) is 12.5 Å². The highest BCUT2D eigenvalue weighted by Gasteiger charge is 2.04. The standard InChI is InChI=1S/C16H17NO4/c1-19-13-8-6-12(7-9-13)17-16(18)11-21-15-5-3-4-14(10-15)20-2/h3-10H,11H2,1-2H3,(H,17,18). The monoisotopic (exact) mass is 287 g/mol. The summed E-state index contributed by atoms with van der Waals surface area (Å²) in [6.45, 7) is -0.0702. The Hall–Kier alpha value is -2.69. The second-order valence-electron chi connectivity index (χ2n) is 4.24. The first-order valence-electron chi connectivity index (χ1n) is 6.42. The van der Waals surface area contributed by atoms with Crippen molar-refractivity contribution in [2.24, 2.45) is 0 Å². The van der Waals surface area contributed by atoms with Crippen LogP contribution in [-0.2, 0) is 4.79 Å². The number of methoxy groups -OCH3 is 2. The van der Waals surface area contributed by atoms with Gasteiger partial charge in [0, 0.05) is 11.8 Å². The van der Waals surface area contributed by atoms with Gasteiger partial charge in [-0.3, -0.25) is 4.79 Å². The third kappa shape index (κ3) is 4.42. The Morgan fingerprint density at radius 1 is 0.952 bits per heavy atom. The molecule has 0 atom stereocenters. The lowest BCUT2D eigenvalue weighted by Gasteiger charge is -2.09. The topological polar surface area (TPSA) is 56.8 Å². The average Bonchev–Trinajstić information content (AvgIpc) is 2.54. The SMILES string of the molecule is COc1ccc(NC(=O)COc2cccc(OC)c2)cc1. The van der Waals surface area contributed by atoms with Gasteiger partial charge in [0.15, 0.2) is 6.61 Å². The van der Waals surface area contributed by atoms with Crippen LogP contribution < -0.4 is 19.5 Å². The van der Waals surface area contributed by atoms with E-state index in [2.05, 4.69) is 5.32 Å². The molecular weight excluding hydrogens is 270 g/mol. The van der Waals surface area contributed by atoms with Crippen LogP contribution in [0.2, 0.25) is 0 Å². The summed E-state index contributed by atoms with van der Waals surface area (Å²) in [6, 6.07) is 14.2. The van der Waals surface area contributed by atoms with Crippen LogP contribution in [0.25, 0.3) is 0 Å². The first-order valence-corrected chi connectivity index (χ1v) is 6.42. The zero-order chi connectivity index (χ0) is 15.1. The molecule has 0 saturated carbocycles. The van der Waals surface area contributed by atoms with E-state index in [4.69, 9.17) is 14.2 Å². The number of carbonyl (C=O) groups is 1. The fraction of sp³-hybridized carbons (Fsp3) is 0.188. The highest BCUT2D eigenvalue weighted by atomic mass is 16.5. The molecule has 0 spiro atoms. The van der Waals surface area contributed by atoms with E-state index in [1.54, 1.807) is 56.7 Å². The lowest BCUT2D eigenvalue weighted by molar-refractivity contribution is -0.118. The lowest BCUT2D eigenvalue weighted by atomic mass is 10.3. The Kier molecular flexibility index (Phi) is 5.04. The van der Waals surface area contributed by atoms with Gasteiger partial charge >= 0.3 is 0 Å². The minimum atomic E-state index is -0.233. The molecule has 5 nitrogen and oxygen atoms in total. The van der Waals surface area contributed by atoms with Gasteiger partial charge < -0.3 is 19.5 Å². The van der Waals surface area contributed by atoms with Gasteiger partial charge in [0.2, 0.25) is 0 Å². The van der Waals surface area contributed by atoms with E-state index in [9.17, 15) is 4.79 Å². The molecule has 1 amide bonds. The summed E-state index contributed by atoms with van der Waals surface area (Å²) in [5, 5.41) is 2.74. The quantitative estimate of drug-likeness (QED) is 0.887. The molecule has 0 aliphatic rings. The third-order valence-electron chi connectivity index (χ3n) is 2.78. The van der Waals surface area contributed by atoms with Crippen molar-refractivity contribution in [3.63, 3.8) is 0 Å². The van der Waals surface area contributed by atoms with Crippen LogP contribution in [0.5, 0.6) is 17.2 Å². The summed E-state index contributed by atoms with van der Waals surface area (Å²) in [6.07, 6.45) is 0. The van der Waals surface area contributed by atoms with Crippen molar-refractivity contribution < 1.29 is 19.0 Å². The summed E-state index contributed by atoms with van der Waals surface area (Å²) in [5.41, 5.74) is 0.690. The Morgan fingerprint density at radius 2 is 1.62 bits per heavy atom. The van der Waals surface area contributed by atoms with E-state index in [0.717, 1.165) is 5.75 Å². The van der Waals surface area contributed by atoms with E-state index in [1.165, 1.54) is 0 Å². The smallest absolute Gasteiger partial charge is 0.262 e. The van der Waals surface area contributed by atoms with E-state index < -0.39 is 0 Å². The van der Waals surface area contributed by atoms with Gasteiger partial charge in [-0.2, -0.15) is 0 Å². The molecule has 0 aromatic heterocycles. The Morgan fingerprint density at radius 3 is 2.29 bits per heavy atom. The first kappa shape index (κ1) is 14.7. The van der Waals surface area contributed by atoms with Crippen LogP contribution in [-0.4, -0.2) is 26.7 Å². The number of amides is 1. The fourth-order valence-corrected chi connectivity index (χ4v) is 1.71. The predicted molar refractivity (Wildman–Crippen MR) is 80.1 cm³/mol. The average molecular weight is 287 g/mol. The van der Waals surface area contributed by atoms with Gasteiger partial charge in [-0.25, -0.2) is 0 Å². The minimum absolute atomic E-state index is 0.0702. The summed E-state index contributed by atoms with van der Waals surface area (Å²) >= 11 is 0. The molecule has 0 aliphatic carbocycles. The highest BCUT2D eigenvalue weighted by Crippen LogP contribution is 2.19. The maximum Gasteiger partial charge on any atom is 0.262 e. The van der Waals surface area contributed by atoms with Gasteiger partial charge in [-0.05, 0) is 36.4 Å². The van der Waals surface area contributed by atoms with Crippen molar-refractivity contribution in [3.8, 4) is 17.2 Å². The number of anilines is 1. The zero-order valence-corrected chi connectivity index (χ0v) is 12.0. The molecule has 5 heteroatoms. The number of rotatable bonds is 6. The molecule has 0 heterocycles. The van der Waals surface area contributed by atoms with Crippen molar-refractivity contribution in [1.29, 1.82) is 0 Å². The number of nitrogens with one attached hydrogen (secondary N) is 1. The van der Waals surface area contributed by atoms with E-state index in [0.29, 0.717) is 17.2 Å². The third-order valence-corrected chi connectivity index (χ3v) is 2.78. The lowest BCUT2D eigenvalue weighted by Crippen LogP contribution is -2.20. The predicted octanol–water partition coefficient (Wildman–Crippen LogP) is 2.72. The first-order chi connectivity index (χ1) is 10.2. The number of hydrogen-bond acceptors (Lipinski definition) is 4. The normalized spacial score (nSPS) is 9.81. The largest absolute Gasteiger partial charge is 0.497 e. The molecule has 0 aliphatic heterocycles. The van der Waals surface area contributed by atoms with Gasteiger partial charge in [-0.15, -0.1) is 0 Å². The number of benzene rings is 2. The maximum absolute atomic E-state index is 11.8. The molecular formula is C16H17NO4. The zero-order valence-electron chi connectivity index (χ0n) is 12.0. The van der Waals surface area contributed by atoms with Crippen molar-refractivity contribution in [3.05, 3.63) is 48.5 Å². The van der Waals surface area contributed by atoms with Gasteiger partial charge in [-0.1, -0.05) is 6.07 Å². The van der Waals surface area contributed by atoms with Crippen LogP contribution in [0, 0.1) is 0 Å². The Balaban J connectivity index is 1.86. The molecule has 21 heavy (non-hydrogen) atoms. The number of ether oxygens (including phenoxy) is 3. The molecule has 2 aromatic carbocycles. The molecule has 0 unspecified atom stereocenters. The molecule has 1 N–H and O–H groups in total. The van der Waals surface area contributed by atoms with Crippen molar-refractivity contribution >= 4 is 11.6 Å². The Bertz CT molecular complexity index is 595. The minimum Gasteiger partial charge on any atom is -0.497 e. The fourth-order valence-electron chi connectivity index (χ4n) is 1.71. The molecule has 0 fully saturated rings. The van der Waals surface area contributed by atoms with Crippen LogP contribution in [0.15, 0.2) is 48.5 Å². The molecule has 0 radical (unpaired) electrons. The van der Waals surface area contributed by atoms with E-state index >= 15 is 0 Å². The maximum atomic E-state index is 11.8. The molecule has 2 rings (SSSR count). The number of carbonyl (C=O) groups excluding carboxylic acids is 1. The summed E-state index contributed by atoms with van der Waals surface area (Å²) < 4.78 is 15.5. The van der Waals surface area contributed by atoms with Crippen LogP contribution in [0.4, 0.5) is 5.69 Å². The van der Waals surface area contributed by atoms with Crippen LogP contribution >= 0.6 is 0 Å². The highest BCUT2D eigenvalue weighted by molar-refractivity contribution is 5.91. The van der Waals surface area contributed by atoms with Gasteiger partial charge in [0.25, 0.3) is 5.91 Å². The summed E-state index contributed by atoms with van der Waals surface area (Å²) in [7, 11) is 3.17. The number of hydrogen-bond donors (Lipinski definition) is 1. The molecule has 0 bridgehead atoms. The second kappa shape index (κ2) is 7.19. The van der Waals surface area contributed by atoms with Crippen LogP contribution in [0.3, 0.4) is 0 Å². The molecule has 2 aromatic rings. The summed E-state index contributed by atoms with van der Waals surface area (Å²) in [4.78, 5) is 11.8.